The molecule has 0 bridgehead atoms. The second-order valence-corrected chi connectivity index (χ2v) is 6.28. The number of ether oxygens (including phenoxy) is 1. The Bertz CT molecular complexity index is 384. The number of nitrogens with zero attached hydrogens (tertiary/aromatic N) is 1. The molecule has 114 valence electrons. The van der Waals surface area contributed by atoms with Crippen molar-refractivity contribution >= 4 is 0 Å². The SMILES string of the molecule is CC(C)CNCc1coc(CN(C)CC2CCCO2)c1. The fraction of sp³-hybridized carbons (Fsp3) is 0.750. The normalized spacial score (nSPS) is 19.4. The second kappa shape index (κ2) is 7.81. The predicted octanol–water partition coefficient (Wildman–Crippen LogP) is 2.64. The van der Waals surface area contributed by atoms with E-state index in [-0.39, 0.29) is 0 Å². The zero-order valence-electron chi connectivity index (χ0n) is 13.0. The van der Waals surface area contributed by atoms with Crippen molar-refractivity contribution in [2.75, 3.05) is 26.7 Å². The van der Waals surface area contributed by atoms with Gasteiger partial charge in [0.2, 0.25) is 0 Å². The first-order valence-corrected chi connectivity index (χ1v) is 7.70. The van der Waals surface area contributed by atoms with Crippen molar-refractivity contribution in [2.24, 2.45) is 5.92 Å². The fourth-order valence-electron chi connectivity index (χ4n) is 2.57. The molecule has 2 heterocycles. The summed E-state index contributed by atoms with van der Waals surface area (Å²) in [5, 5.41) is 3.43. The number of nitrogens with one attached hydrogen (secondary N) is 1. The lowest BCUT2D eigenvalue weighted by atomic mass is 10.2. The van der Waals surface area contributed by atoms with E-state index in [1.165, 1.54) is 18.4 Å². The molecule has 1 N–H and O–H groups in total. The molecule has 1 aliphatic rings. The summed E-state index contributed by atoms with van der Waals surface area (Å²) in [6.07, 6.45) is 4.66. The molecule has 0 aromatic carbocycles. The number of hydrogen-bond donors (Lipinski definition) is 1. The van der Waals surface area contributed by atoms with Crippen molar-refractivity contribution < 1.29 is 9.15 Å². The van der Waals surface area contributed by atoms with E-state index in [9.17, 15) is 0 Å². The molecule has 1 aromatic heterocycles. The third-order valence-electron chi connectivity index (χ3n) is 3.55. The number of furan rings is 1. The van der Waals surface area contributed by atoms with Gasteiger partial charge in [0.15, 0.2) is 0 Å². The Morgan fingerprint density at radius 1 is 1.45 bits per heavy atom. The lowest BCUT2D eigenvalue weighted by Crippen LogP contribution is -2.28. The van der Waals surface area contributed by atoms with Crippen LogP contribution in [0.4, 0.5) is 0 Å². The highest BCUT2D eigenvalue weighted by Crippen LogP contribution is 2.15. The molecule has 1 saturated heterocycles. The highest BCUT2D eigenvalue weighted by atomic mass is 16.5. The number of rotatable bonds is 8. The summed E-state index contributed by atoms with van der Waals surface area (Å²) in [7, 11) is 2.13. The average molecular weight is 280 g/mol. The lowest BCUT2D eigenvalue weighted by molar-refractivity contribution is 0.0774. The molecule has 0 aliphatic carbocycles. The first-order valence-electron chi connectivity index (χ1n) is 7.70. The van der Waals surface area contributed by atoms with E-state index in [0.29, 0.717) is 12.0 Å². The molecule has 0 saturated carbocycles. The van der Waals surface area contributed by atoms with Crippen LogP contribution in [0.3, 0.4) is 0 Å². The highest BCUT2D eigenvalue weighted by Gasteiger charge is 2.17. The predicted molar refractivity (Wildman–Crippen MR) is 80.6 cm³/mol. The second-order valence-electron chi connectivity index (χ2n) is 6.28. The van der Waals surface area contributed by atoms with Crippen LogP contribution in [-0.2, 0) is 17.8 Å². The van der Waals surface area contributed by atoms with Crippen LogP contribution in [0.15, 0.2) is 16.7 Å². The minimum Gasteiger partial charge on any atom is -0.468 e. The molecule has 1 atom stereocenters. The first kappa shape index (κ1) is 15.5. The zero-order chi connectivity index (χ0) is 14.4. The Labute approximate surface area is 122 Å². The quantitative estimate of drug-likeness (QED) is 0.794. The summed E-state index contributed by atoms with van der Waals surface area (Å²) in [5.41, 5.74) is 1.23. The molecule has 4 nitrogen and oxygen atoms in total. The Morgan fingerprint density at radius 2 is 2.30 bits per heavy atom. The molecule has 0 radical (unpaired) electrons. The van der Waals surface area contributed by atoms with E-state index in [1.807, 2.05) is 6.26 Å². The zero-order valence-corrected chi connectivity index (χ0v) is 13.0. The van der Waals surface area contributed by atoms with E-state index >= 15 is 0 Å². The Morgan fingerprint density at radius 3 is 3.00 bits per heavy atom. The van der Waals surface area contributed by atoms with Crippen molar-refractivity contribution in [2.45, 2.75) is 45.9 Å². The van der Waals surface area contributed by atoms with Crippen LogP contribution >= 0.6 is 0 Å². The van der Waals surface area contributed by atoms with E-state index in [2.05, 4.69) is 37.2 Å². The minimum atomic E-state index is 0.405. The van der Waals surface area contributed by atoms with Gasteiger partial charge in [0.25, 0.3) is 0 Å². The van der Waals surface area contributed by atoms with Crippen molar-refractivity contribution in [1.82, 2.24) is 10.2 Å². The van der Waals surface area contributed by atoms with Gasteiger partial charge in [-0.2, -0.15) is 0 Å². The van der Waals surface area contributed by atoms with Gasteiger partial charge >= 0.3 is 0 Å². The van der Waals surface area contributed by atoms with Gasteiger partial charge in [0, 0.05) is 25.3 Å². The van der Waals surface area contributed by atoms with Gasteiger partial charge in [-0.3, -0.25) is 4.90 Å². The maximum atomic E-state index is 5.66. The molecule has 0 amide bonds. The van der Waals surface area contributed by atoms with Gasteiger partial charge in [0.1, 0.15) is 5.76 Å². The Balaban J connectivity index is 1.71. The van der Waals surface area contributed by atoms with E-state index in [4.69, 9.17) is 9.15 Å². The van der Waals surface area contributed by atoms with Crippen LogP contribution in [0.1, 0.15) is 38.0 Å². The van der Waals surface area contributed by atoms with E-state index in [1.54, 1.807) is 0 Å². The van der Waals surface area contributed by atoms with Gasteiger partial charge in [0.05, 0.1) is 18.9 Å². The summed E-state index contributed by atoms with van der Waals surface area (Å²) in [6.45, 7) is 9.12. The van der Waals surface area contributed by atoms with Gasteiger partial charge in [-0.15, -0.1) is 0 Å². The van der Waals surface area contributed by atoms with Gasteiger partial charge in [-0.05, 0) is 38.4 Å². The van der Waals surface area contributed by atoms with E-state index < -0.39 is 0 Å². The third kappa shape index (κ3) is 5.27. The van der Waals surface area contributed by atoms with Gasteiger partial charge in [-0.25, -0.2) is 0 Å². The summed E-state index contributed by atoms with van der Waals surface area (Å²) < 4.78 is 11.3. The van der Waals surface area contributed by atoms with Crippen molar-refractivity contribution in [1.29, 1.82) is 0 Å². The largest absolute Gasteiger partial charge is 0.468 e. The van der Waals surface area contributed by atoms with Crippen molar-refractivity contribution in [3.63, 3.8) is 0 Å². The van der Waals surface area contributed by atoms with Gasteiger partial charge < -0.3 is 14.5 Å². The third-order valence-corrected chi connectivity index (χ3v) is 3.55. The van der Waals surface area contributed by atoms with Crippen molar-refractivity contribution in [3.8, 4) is 0 Å². The first-order chi connectivity index (χ1) is 9.63. The summed E-state index contributed by atoms with van der Waals surface area (Å²) in [5.74, 6) is 1.71. The molecule has 1 aromatic rings. The van der Waals surface area contributed by atoms with E-state index in [0.717, 1.165) is 38.5 Å². The molecule has 1 unspecified atom stereocenters. The molecule has 2 rings (SSSR count). The summed E-state index contributed by atoms with van der Waals surface area (Å²) in [6, 6.07) is 2.15. The Kier molecular flexibility index (Phi) is 6.07. The molecule has 4 heteroatoms. The molecule has 1 aliphatic heterocycles. The van der Waals surface area contributed by atoms with Crippen LogP contribution < -0.4 is 5.32 Å². The molecule has 0 spiro atoms. The van der Waals surface area contributed by atoms with Crippen LogP contribution in [-0.4, -0.2) is 37.7 Å². The lowest BCUT2D eigenvalue weighted by Gasteiger charge is -2.19. The molecular formula is C16H28N2O2. The Hall–Kier alpha value is -0.840. The molecule has 1 fully saturated rings. The van der Waals surface area contributed by atoms with Crippen molar-refractivity contribution in [3.05, 3.63) is 23.7 Å². The van der Waals surface area contributed by atoms with Crippen LogP contribution in [0.5, 0.6) is 0 Å². The standard InChI is InChI=1S/C16H28N2O2/c1-13(2)8-17-9-14-7-16(20-12-14)11-18(3)10-15-5-4-6-19-15/h7,12-13,15,17H,4-6,8-11H2,1-3H3. The minimum absolute atomic E-state index is 0.405. The monoisotopic (exact) mass is 280 g/mol. The molecule has 20 heavy (non-hydrogen) atoms. The topological polar surface area (TPSA) is 37.6 Å². The average Bonchev–Trinajstić information content (AvgIpc) is 3.01. The maximum absolute atomic E-state index is 5.66. The van der Waals surface area contributed by atoms with Crippen LogP contribution in [0.2, 0.25) is 0 Å². The molecular weight excluding hydrogens is 252 g/mol. The van der Waals surface area contributed by atoms with Crippen LogP contribution in [0, 0.1) is 5.92 Å². The summed E-state index contributed by atoms with van der Waals surface area (Å²) >= 11 is 0. The van der Waals surface area contributed by atoms with Crippen LogP contribution in [0.25, 0.3) is 0 Å². The highest BCUT2D eigenvalue weighted by molar-refractivity contribution is 5.12. The maximum Gasteiger partial charge on any atom is 0.118 e. The number of likely N-dealkylation sites (N-methyl/N-ethyl adjacent to an activating group) is 1. The van der Waals surface area contributed by atoms with Gasteiger partial charge in [-0.1, -0.05) is 13.8 Å². The smallest absolute Gasteiger partial charge is 0.118 e. The summed E-state index contributed by atoms with van der Waals surface area (Å²) in [4.78, 5) is 2.28. The fourth-order valence-corrected chi connectivity index (χ4v) is 2.57. The number of hydrogen-bond acceptors (Lipinski definition) is 4.